The Morgan fingerprint density at radius 2 is 1.37 bits per heavy atom. The third-order valence-corrected chi connectivity index (χ3v) is 4.17. The maximum Gasteiger partial charge on any atom is 0.131 e. The van der Waals surface area contributed by atoms with E-state index in [4.69, 9.17) is 8.83 Å². The van der Waals surface area contributed by atoms with E-state index in [0.717, 1.165) is 22.7 Å². The lowest BCUT2D eigenvalue weighted by atomic mass is 9.87. The Hall–Kier alpha value is -1.69. The molecule has 2 N–H and O–H groups in total. The number of hydrogen-bond donors (Lipinski definition) is 2. The van der Waals surface area contributed by atoms with Gasteiger partial charge in [-0.25, -0.2) is 9.44 Å². The highest BCUT2D eigenvalue weighted by Crippen LogP contribution is 2.36. The van der Waals surface area contributed by atoms with Crippen LogP contribution < -0.4 is 9.44 Å². The maximum absolute atomic E-state index is 5.51. The summed E-state index contributed by atoms with van der Waals surface area (Å²) in [6, 6.07) is 8.15. The van der Waals surface area contributed by atoms with Crippen molar-refractivity contribution in [1.82, 2.24) is 9.44 Å². The number of furan rings is 2. The minimum absolute atomic E-state index is 0.182. The van der Waals surface area contributed by atoms with E-state index in [-0.39, 0.29) is 12.1 Å². The molecule has 1 fully saturated rings. The van der Waals surface area contributed by atoms with Gasteiger partial charge < -0.3 is 8.83 Å². The van der Waals surface area contributed by atoms with Crippen LogP contribution >= 0.6 is 12.1 Å². The first-order valence-corrected chi connectivity index (χ1v) is 6.91. The van der Waals surface area contributed by atoms with Crippen LogP contribution in [0.1, 0.15) is 11.5 Å². The number of allylic oxidation sites excluding steroid dienone is 2. The second-order valence-electron chi connectivity index (χ2n) is 4.49. The van der Waals surface area contributed by atoms with Gasteiger partial charge >= 0.3 is 0 Å². The molecule has 2 aromatic heterocycles. The summed E-state index contributed by atoms with van der Waals surface area (Å²) in [4.78, 5) is 0. The van der Waals surface area contributed by atoms with E-state index in [2.05, 4.69) is 21.6 Å². The molecule has 4 nitrogen and oxygen atoms in total. The van der Waals surface area contributed by atoms with E-state index in [0.29, 0.717) is 0 Å². The Kier molecular flexibility index (Phi) is 2.61. The molecule has 0 radical (unpaired) electrons. The SMILES string of the molecule is C1=C(c2ccco2)C2NSNC2C(c2ccco2)=C1. The van der Waals surface area contributed by atoms with Crippen LogP contribution in [0.4, 0.5) is 0 Å². The molecule has 19 heavy (non-hydrogen) atoms. The highest BCUT2D eigenvalue weighted by Gasteiger charge is 2.37. The van der Waals surface area contributed by atoms with Gasteiger partial charge in [-0.3, -0.25) is 0 Å². The molecule has 0 saturated carbocycles. The average molecular weight is 272 g/mol. The molecule has 3 heterocycles. The largest absolute Gasteiger partial charge is 0.465 e. The Balaban J connectivity index is 1.79. The van der Waals surface area contributed by atoms with Crippen molar-refractivity contribution in [1.29, 1.82) is 0 Å². The lowest BCUT2D eigenvalue weighted by molar-refractivity contribution is 0.531. The smallest absolute Gasteiger partial charge is 0.131 e. The molecule has 0 amide bonds. The summed E-state index contributed by atoms with van der Waals surface area (Å²) in [5.41, 5.74) is 2.31. The monoisotopic (exact) mass is 272 g/mol. The van der Waals surface area contributed by atoms with Crippen molar-refractivity contribution >= 4 is 23.3 Å². The maximum atomic E-state index is 5.51. The topological polar surface area (TPSA) is 50.3 Å². The Labute approximate surface area is 114 Å². The second-order valence-corrected chi connectivity index (χ2v) is 5.17. The highest BCUT2D eigenvalue weighted by atomic mass is 32.2. The van der Waals surface area contributed by atoms with Crippen LogP contribution in [-0.2, 0) is 0 Å². The van der Waals surface area contributed by atoms with Gasteiger partial charge in [0.15, 0.2) is 0 Å². The van der Waals surface area contributed by atoms with E-state index >= 15 is 0 Å². The molecule has 1 saturated heterocycles. The third-order valence-electron chi connectivity index (χ3n) is 3.43. The van der Waals surface area contributed by atoms with Gasteiger partial charge in [-0.2, -0.15) is 0 Å². The molecule has 0 aromatic carbocycles. The first-order valence-electron chi connectivity index (χ1n) is 6.10. The van der Waals surface area contributed by atoms with Crippen LogP contribution in [0, 0.1) is 0 Å². The molecule has 5 heteroatoms. The third kappa shape index (κ3) is 1.78. The van der Waals surface area contributed by atoms with Crippen LogP contribution in [0.5, 0.6) is 0 Å². The quantitative estimate of drug-likeness (QED) is 0.823. The molecule has 96 valence electrons. The van der Waals surface area contributed by atoms with Crippen LogP contribution in [0.25, 0.3) is 11.1 Å². The first kappa shape index (κ1) is 11.2. The minimum Gasteiger partial charge on any atom is -0.465 e. The van der Waals surface area contributed by atoms with E-state index < -0.39 is 0 Å². The summed E-state index contributed by atoms with van der Waals surface area (Å²) >= 11 is 1.52. The second kappa shape index (κ2) is 4.45. The van der Waals surface area contributed by atoms with Crippen molar-refractivity contribution in [3.8, 4) is 0 Å². The lowest BCUT2D eigenvalue weighted by Crippen LogP contribution is -2.37. The normalized spacial score (nSPS) is 25.9. The fraction of sp³-hybridized carbons (Fsp3) is 0.143. The molecule has 1 aliphatic heterocycles. The van der Waals surface area contributed by atoms with Crippen LogP contribution in [0.3, 0.4) is 0 Å². The molecule has 2 unspecified atom stereocenters. The molecule has 2 aliphatic rings. The summed E-state index contributed by atoms with van der Waals surface area (Å²) in [6.45, 7) is 0. The fourth-order valence-electron chi connectivity index (χ4n) is 2.53. The van der Waals surface area contributed by atoms with Gasteiger partial charge in [0.2, 0.25) is 0 Å². The summed E-state index contributed by atoms with van der Waals surface area (Å²) in [7, 11) is 0. The Bertz CT molecular complexity index is 572. The molecule has 4 rings (SSSR count). The molecule has 2 atom stereocenters. The summed E-state index contributed by atoms with van der Waals surface area (Å²) < 4.78 is 17.8. The van der Waals surface area contributed by atoms with Crippen molar-refractivity contribution in [2.24, 2.45) is 0 Å². The molecular formula is C14H12N2O2S. The Morgan fingerprint density at radius 3 is 1.79 bits per heavy atom. The van der Waals surface area contributed by atoms with Gasteiger partial charge in [0.05, 0.1) is 24.6 Å². The summed E-state index contributed by atoms with van der Waals surface area (Å²) in [5, 5.41) is 0. The predicted octanol–water partition coefficient (Wildman–Crippen LogP) is 2.85. The predicted molar refractivity (Wildman–Crippen MR) is 74.8 cm³/mol. The van der Waals surface area contributed by atoms with Gasteiger partial charge in [0, 0.05) is 23.3 Å². The van der Waals surface area contributed by atoms with Gasteiger partial charge in [0.25, 0.3) is 0 Å². The number of nitrogens with one attached hydrogen (secondary N) is 2. The minimum atomic E-state index is 0.182. The zero-order chi connectivity index (χ0) is 12.7. The van der Waals surface area contributed by atoms with Crippen LogP contribution in [0.2, 0.25) is 0 Å². The van der Waals surface area contributed by atoms with E-state index in [9.17, 15) is 0 Å². The fourth-order valence-corrected chi connectivity index (χ4v) is 3.37. The summed E-state index contributed by atoms with van der Waals surface area (Å²) in [5.74, 6) is 1.81. The molecule has 1 aliphatic carbocycles. The number of rotatable bonds is 2. The van der Waals surface area contributed by atoms with Gasteiger partial charge in [-0.1, -0.05) is 12.2 Å². The van der Waals surface area contributed by atoms with Crippen molar-refractivity contribution in [3.05, 3.63) is 60.5 Å². The van der Waals surface area contributed by atoms with Crippen molar-refractivity contribution < 1.29 is 8.83 Å². The van der Waals surface area contributed by atoms with Gasteiger partial charge in [0.1, 0.15) is 11.5 Å². The van der Waals surface area contributed by atoms with Crippen molar-refractivity contribution in [2.75, 3.05) is 0 Å². The zero-order valence-corrected chi connectivity index (χ0v) is 10.8. The zero-order valence-electron chi connectivity index (χ0n) is 10.00. The van der Waals surface area contributed by atoms with Crippen molar-refractivity contribution in [2.45, 2.75) is 12.1 Å². The van der Waals surface area contributed by atoms with Gasteiger partial charge in [-0.05, 0) is 24.3 Å². The molecule has 0 bridgehead atoms. The number of hydrogen-bond acceptors (Lipinski definition) is 5. The van der Waals surface area contributed by atoms with Crippen LogP contribution in [0.15, 0.2) is 57.8 Å². The molecule has 0 spiro atoms. The lowest BCUT2D eigenvalue weighted by Gasteiger charge is -2.25. The molecule has 2 aromatic rings. The Morgan fingerprint density at radius 1 is 0.842 bits per heavy atom. The van der Waals surface area contributed by atoms with Crippen LogP contribution in [-0.4, -0.2) is 12.1 Å². The highest BCUT2D eigenvalue weighted by molar-refractivity contribution is 7.95. The standard InChI is InChI=1S/C14H12N2O2S/c1-3-11(17-7-1)9-5-6-10(12-4-2-8-18-12)14-13(9)15-19-16-14/h1-8,13-16H. The van der Waals surface area contributed by atoms with E-state index in [1.165, 1.54) is 12.1 Å². The summed E-state index contributed by atoms with van der Waals surface area (Å²) in [6.07, 6.45) is 7.59. The van der Waals surface area contributed by atoms with Gasteiger partial charge in [-0.15, -0.1) is 0 Å². The van der Waals surface area contributed by atoms with E-state index in [1.54, 1.807) is 12.5 Å². The average Bonchev–Trinajstić information content (AvgIpc) is 3.19. The van der Waals surface area contributed by atoms with Crippen molar-refractivity contribution in [3.63, 3.8) is 0 Å². The first-order chi connectivity index (χ1) is 9.43. The van der Waals surface area contributed by atoms with E-state index in [1.807, 2.05) is 24.3 Å². The molecular weight excluding hydrogens is 260 g/mol. The number of fused-ring (bicyclic) bond motifs is 1.